The number of ketones is 1. The molecule has 2 rings (SSSR count). The minimum atomic E-state index is -0.866. The standard InChI is InChI=1S/C14H10ClF2NOS/c1-8(20-14-11(15)3-2-6-18-14)13(19)10-5-4-9(16)7-12(10)17/h2-8H,1H3. The van der Waals surface area contributed by atoms with Crippen LogP contribution in [0.5, 0.6) is 0 Å². The van der Waals surface area contributed by atoms with Crippen molar-refractivity contribution in [2.45, 2.75) is 17.2 Å². The number of rotatable bonds is 4. The molecule has 1 atom stereocenters. The Bertz CT molecular complexity index is 651. The van der Waals surface area contributed by atoms with E-state index in [4.69, 9.17) is 11.6 Å². The summed E-state index contributed by atoms with van der Waals surface area (Å²) in [5, 5.41) is 0.344. The number of nitrogens with zero attached hydrogens (tertiary/aromatic N) is 1. The number of carbonyl (C=O) groups excluding carboxylic acids is 1. The van der Waals surface area contributed by atoms with E-state index < -0.39 is 22.7 Å². The Balaban J connectivity index is 2.19. The lowest BCUT2D eigenvalue weighted by atomic mass is 10.1. The van der Waals surface area contributed by atoms with Crippen molar-refractivity contribution in [3.8, 4) is 0 Å². The van der Waals surface area contributed by atoms with E-state index in [9.17, 15) is 13.6 Å². The molecule has 20 heavy (non-hydrogen) atoms. The molecule has 0 saturated heterocycles. The van der Waals surface area contributed by atoms with Crippen molar-refractivity contribution in [2.24, 2.45) is 0 Å². The molecule has 0 fully saturated rings. The SMILES string of the molecule is CC(Sc1ncccc1Cl)C(=O)c1ccc(F)cc1F. The van der Waals surface area contributed by atoms with E-state index in [1.165, 1.54) is 0 Å². The van der Waals surface area contributed by atoms with Gasteiger partial charge in [-0.1, -0.05) is 23.4 Å². The summed E-state index contributed by atoms with van der Waals surface area (Å²) >= 11 is 7.09. The zero-order valence-electron chi connectivity index (χ0n) is 10.4. The molecule has 1 aromatic heterocycles. The van der Waals surface area contributed by atoms with E-state index in [1.54, 1.807) is 25.3 Å². The predicted molar refractivity (Wildman–Crippen MR) is 75.3 cm³/mol. The van der Waals surface area contributed by atoms with Crippen molar-refractivity contribution in [1.29, 1.82) is 0 Å². The molecule has 0 aliphatic heterocycles. The van der Waals surface area contributed by atoms with Crippen LogP contribution < -0.4 is 0 Å². The molecule has 1 unspecified atom stereocenters. The largest absolute Gasteiger partial charge is 0.293 e. The fraction of sp³-hybridized carbons (Fsp3) is 0.143. The van der Waals surface area contributed by atoms with Crippen LogP contribution in [0.3, 0.4) is 0 Å². The summed E-state index contributed by atoms with van der Waals surface area (Å²) in [7, 11) is 0. The maximum Gasteiger partial charge on any atom is 0.178 e. The summed E-state index contributed by atoms with van der Waals surface area (Å²) in [6, 6.07) is 6.23. The first-order valence-electron chi connectivity index (χ1n) is 5.75. The first-order valence-corrected chi connectivity index (χ1v) is 7.01. The summed E-state index contributed by atoms with van der Waals surface area (Å²) in [4.78, 5) is 16.2. The highest BCUT2D eigenvalue weighted by Gasteiger charge is 2.21. The van der Waals surface area contributed by atoms with Gasteiger partial charge in [0, 0.05) is 12.3 Å². The predicted octanol–water partition coefficient (Wildman–Crippen LogP) is 4.38. The molecule has 2 aromatic rings. The summed E-state index contributed by atoms with van der Waals surface area (Å²) in [6.45, 7) is 1.63. The van der Waals surface area contributed by atoms with Gasteiger partial charge in [-0.2, -0.15) is 0 Å². The van der Waals surface area contributed by atoms with Gasteiger partial charge in [0.15, 0.2) is 5.78 Å². The number of thioether (sulfide) groups is 1. The van der Waals surface area contributed by atoms with Crippen LogP contribution in [0.25, 0.3) is 0 Å². The van der Waals surface area contributed by atoms with E-state index in [1.807, 2.05) is 0 Å². The molecule has 0 aliphatic carbocycles. The van der Waals surface area contributed by atoms with Gasteiger partial charge in [0.1, 0.15) is 16.7 Å². The number of carbonyl (C=O) groups is 1. The summed E-state index contributed by atoms with van der Waals surface area (Å²) in [5.74, 6) is -2.02. The second-order valence-electron chi connectivity index (χ2n) is 4.04. The second-order valence-corrected chi connectivity index (χ2v) is 5.78. The molecule has 0 spiro atoms. The van der Waals surface area contributed by atoms with Crippen molar-refractivity contribution in [3.63, 3.8) is 0 Å². The monoisotopic (exact) mass is 313 g/mol. The molecule has 2 nitrogen and oxygen atoms in total. The molecule has 0 bridgehead atoms. The van der Waals surface area contributed by atoms with E-state index in [-0.39, 0.29) is 5.56 Å². The Labute approximate surface area is 124 Å². The Kier molecular flexibility index (Phi) is 4.73. The van der Waals surface area contributed by atoms with Gasteiger partial charge in [-0.15, -0.1) is 0 Å². The average Bonchev–Trinajstić information content (AvgIpc) is 2.40. The van der Waals surface area contributed by atoms with E-state index in [2.05, 4.69) is 4.98 Å². The summed E-state index contributed by atoms with van der Waals surface area (Å²) in [6.07, 6.45) is 1.56. The van der Waals surface area contributed by atoms with Gasteiger partial charge in [-0.05, 0) is 31.2 Å². The van der Waals surface area contributed by atoms with Crippen LogP contribution in [0.4, 0.5) is 8.78 Å². The number of pyridine rings is 1. The minimum Gasteiger partial charge on any atom is -0.293 e. The topological polar surface area (TPSA) is 30.0 Å². The third-order valence-electron chi connectivity index (χ3n) is 2.58. The van der Waals surface area contributed by atoms with Crippen molar-refractivity contribution in [3.05, 3.63) is 58.7 Å². The zero-order valence-corrected chi connectivity index (χ0v) is 12.0. The van der Waals surface area contributed by atoms with Crippen molar-refractivity contribution < 1.29 is 13.6 Å². The molecule has 0 saturated carbocycles. The van der Waals surface area contributed by atoms with Gasteiger partial charge in [-0.25, -0.2) is 13.8 Å². The lowest BCUT2D eigenvalue weighted by Crippen LogP contribution is -2.15. The van der Waals surface area contributed by atoms with Crippen LogP contribution in [0.1, 0.15) is 17.3 Å². The highest BCUT2D eigenvalue weighted by atomic mass is 35.5. The van der Waals surface area contributed by atoms with Crippen molar-refractivity contribution in [1.82, 2.24) is 4.98 Å². The van der Waals surface area contributed by atoms with E-state index >= 15 is 0 Å². The molecule has 0 radical (unpaired) electrons. The van der Waals surface area contributed by atoms with Crippen molar-refractivity contribution in [2.75, 3.05) is 0 Å². The normalized spacial score (nSPS) is 12.2. The van der Waals surface area contributed by atoms with Crippen LogP contribution in [0.15, 0.2) is 41.6 Å². The number of Topliss-reactive ketones (excluding diaryl/α,β-unsaturated/α-hetero) is 1. The first-order chi connectivity index (χ1) is 9.49. The van der Waals surface area contributed by atoms with E-state index in [0.717, 1.165) is 23.9 Å². The van der Waals surface area contributed by atoms with Crippen LogP contribution in [0, 0.1) is 11.6 Å². The van der Waals surface area contributed by atoms with Crippen molar-refractivity contribution >= 4 is 29.1 Å². The van der Waals surface area contributed by atoms with Gasteiger partial charge < -0.3 is 0 Å². The van der Waals surface area contributed by atoms with Crippen LogP contribution in [-0.2, 0) is 0 Å². The number of halogens is 3. The maximum absolute atomic E-state index is 13.6. The van der Waals surface area contributed by atoms with Gasteiger partial charge >= 0.3 is 0 Å². The minimum absolute atomic E-state index is 0.140. The molecule has 6 heteroatoms. The molecule has 0 amide bonds. The molecular weight excluding hydrogens is 304 g/mol. The summed E-state index contributed by atoms with van der Waals surface area (Å²) < 4.78 is 26.4. The first kappa shape index (κ1) is 14.9. The van der Waals surface area contributed by atoms with Crippen LogP contribution >= 0.6 is 23.4 Å². The Morgan fingerprint density at radius 3 is 2.75 bits per heavy atom. The highest BCUT2D eigenvalue weighted by molar-refractivity contribution is 8.00. The van der Waals surface area contributed by atoms with Gasteiger partial charge in [0.2, 0.25) is 0 Å². The smallest absolute Gasteiger partial charge is 0.178 e. The average molecular weight is 314 g/mol. The number of benzene rings is 1. The molecule has 0 aliphatic rings. The summed E-state index contributed by atoms with van der Waals surface area (Å²) in [5.41, 5.74) is -0.140. The Morgan fingerprint density at radius 2 is 2.10 bits per heavy atom. The third kappa shape index (κ3) is 3.35. The number of hydrogen-bond donors (Lipinski definition) is 0. The van der Waals surface area contributed by atoms with Gasteiger partial charge in [0.25, 0.3) is 0 Å². The fourth-order valence-corrected chi connectivity index (χ4v) is 2.71. The quantitative estimate of drug-likeness (QED) is 0.620. The maximum atomic E-state index is 13.6. The van der Waals surface area contributed by atoms with Gasteiger partial charge in [0.05, 0.1) is 15.8 Å². The Hall–Kier alpha value is -1.46. The molecule has 104 valence electrons. The molecule has 1 heterocycles. The van der Waals surface area contributed by atoms with Crippen LogP contribution in [-0.4, -0.2) is 16.0 Å². The lowest BCUT2D eigenvalue weighted by molar-refractivity contribution is 0.0990. The third-order valence-corrected chi connectivity index (χ3v) is 4.11. The lowest BCUT2D eigenvalue weighted by Gasteiger charge is -2.11. The highest BCUT2D eigenvalue weighted by Crippen LogP contribution is 2.29. The number of hydrogen-bond acceptors (Lipinski definition) is 3. The molecular formula is C14H10ClF2NOS. The van der Waals surface area contributed by atoms with Gasteiger partial charge in [-0.3, -0.25) is 4.79 Å². The molecule has 0 N–H and O–H groups in total. The van der Waals surface area contributed by atoms with E-state index in [0.29, 0.717) is 16.1 Å². The second kappa shape index (κ2) is 6.33. The van der Waals surface area contributed by atoms with Crippen LogP contribution in [0.2, 0.25) is 5.02 Å². The Morgan fingerprint density at radius 1 is 1.35 bits per heavy atom. The zero-order chi connectivity index (χ0) is 14.7. The fourth-order valence-electron chi connectivity index (χ4n) is 1.59. The number of aromatic nitrogens is 1. The molecule has 1 aromatic carbocycles.